The number of nitrogens with one attached hydrogen (secondary N) is 1. The van der Waals surface area contributed by atoms with E-state index in [9.17, 15) is 5.11 Å². The fraction of sp³-hybridized carbons (Fsp3) is 1.00. The molecule has 118 valence electrons. The summed E-state index contributed by atoms with van der Waals surface area (Å²) in [6.45, 7) is 5.92. The number of hydrogen-bond acceptors (Lipinski definition) is 3. The van der Waals surface area contributed by atoms with Gasteiger partial charge in [-0.2, -0.15) is 0 Å². The molecule has 3 heteroatoms. The van der Waals surface area contributed by atoms with E-state index in [-0.39, 0.29) is 11.7 Å². The van der Waals surface area contributed by atoms with E-state index >= 15 is 0 Å². The topological polar surface area (TPSA) is 41.5 Å². The van der Waals surface area contributed by atoms with Crippen molar-refractivity contribution >= 4 is 0 Å². The van der Waals surface area contributed by atoms with Gasteiger partial charge >= 0.3 is 0 Å². The summed E-state index contributed by atoms with van der Waals surface area (Å²) < 4.78 is 6.34. The average molecular weight is 283 g/mol. The minimum absolute atomic E-state index is 0.213. The SMILES string of the molecule is CCC(CC)C(O)CNCC1CCC2(CCCCC2)O1. The maximum absolute atomic E-state index is 10.1. The molecule has 1 heterocycles. The van der Waals surface area contributed by atoms with Crippen LogP contribution in [-0.4, -0.2) is 36.0 Å². The van der Waals surface area contributed by atoms with E-state index in [1.54, 1.807) is 0 Å². The molecule has 1 saturated heterocycles. The molecule has 2 fully saturated rings. The predicted molar refractivity (Wildman–Crippen MR) is 82.9 cm³/mol. The number of rotatable bonds is 7. The van der Waals surface area contributed by atoms with E-state index in [2.05, 4.69) is 19.2 Å². The van der Waals surface area contributed by atoms with Crippen LogP contribution in [0.1, 0.15) is 71.6 Å². The Kier molecular flexibility index (Phi) is 6.31. The lowest BCUT2D eigenvalue weighted by atomic mass is 9.83. The van der Waals surface area contributed by atoms with Crippen molar-refractivity contribution in [3.05, 3.63) is 0 Å². The molecule has 0 amide bonds. The first-order chi connectivity index (χ1) is 9.69. The summed E-state index contributed by atoms with van der Waals surface area (Å²) in [5.41, 5.74) is 0.221. The Morgan fingerprint density at radius 1 is 1.15 bits per heavy atom. The van der Waals surface area contributed by atoms with Gasteiger partial charge in [0.2, 0.25) is 0 Å². The Morgan fingerprint density at radius 2 is 1.85 bits per heavy atom. The van der Waals surface area contributed by atoms with Crippen molar-refractivity contribution in [2.24, 2.45) is 5.92 Å². The molecule has 0 aromatic rings. The van der Waals surface area contributed by atoms with Crippen molar-refractivity contribution in [2.45, 2.75) is 89.4 Å². The highest BCUT2D eigenvalue weighted by molar-refractivity contribution is 4.91. The van der Waals surface area contributed by atoms with Gasteiger partial charge in [0.1, 0.15) is 0 Å². The van der Waals surface area contributed by atoms with Crippen LogP contribution in [0.25, 0.3) is 0 Å². The van der Waals surface area contributed by atoms with Crippen LogP contribution in [0.3, 0.4) is 0 Å². The van der Waals surface area contributed by atoms with Gasteiger partial charge in [0, 0.05) is 13.1 Å². The third-order valence-corrected chi connectivity index (χ3v) is 5.42. The van der Waals surface area contributed by atoms with E-state index in [4.69, 9.17) is 4.74 Å². The molecule has 1 aliphatic heterocycles. The molecule has 1 aliphatic carbocycles. The van der Waals surface area contributed by atoms with Gasteiger partial charge < -0.3 is 15.2 Å². The van der Waals surface area contributed by atoms with Crippen LogP contribution in [0.2, 0.25) is 0 Å². The first-order valence-electron chi connectivity index (χ1n) is 8.75. The Bertz CT molecular complexity index is 272. The molecule has 0 aromatic heterocycles. The smallest absolute Gasteiger partial charge is 0.0708 e. The number of aliphatic hydroxyl groups excluding tert-OH is 1. The molecule has 0 bridgehead atoms. The van der Waals surface area contributed by atoms with Gasteiger partial charge in [-0.1, -0.05) is 46.0 Å². The predicted octanol–water partition coefficient (Wildman–Crippen LogP) is 3.26. The summed E-state index contributed by atoms with van der Waals surface area (Å²) in [5, 5.41) is 13.5. The zero-order valence-electron chi connectivity index (χ0n) is 13.4. The summed E-state index contributed by atoms with van der Waals surface area (Å²) in [4.78, 5) is 0. The van der Waals surface area contributed by atoms with Gasteiger partial charge in [-0.3, -0.25) is 0 Å². The van der Waals surface area contributed by atoms with Crippen molar-refractivity contribution < 1.29 is 9.84 Å². The quantitative estimate of drug-likeness (QED) is 0.753. The molecular weight excluding hydrogens is 250 g/mol. The van der Waals surface area contributed by atoms with Crippen molar-refractivity contribution in [3.63, 3.8) is 0 Å². The van der Waals surface area contributed by atoms with Crippen molar-refractivity contribution in [1.29, 1.82) is 0 Å². The highest BCUT2D eigenvalue weighted by Gasteiger charge is 2.40. The molecule has 2 atom stereocenters. The van der Waals surface area contributed by atoms with Crippen molar-refractivity contribution in [2.75, 3.05) is 13.1 Å². The largest absolute Gasteiger partial charge is 0.392 e. The van der Waals surface area contributed by atoms with Crippen LogP contribution in [0.5, 0.6) is 0 Å². The Morgan fingerprint density at radius 3 is 2.50 bits per heavy atom. The third kappa shape index (κ3) is 4.19. The zero-order chi connectivity index (χ0) is 14.4. The summed E-state index contributed by atoms with van der Waals surface area (Å²) in [5.74, 6) is 0.427. The molecule has 2 unspecified atom stereocenters. The molecule has 2 aliphatic rings. The lowest BCUT2D eigenvalue weighted by Gasteiger charge is -2.33. The second-order valence-corrected chi connectivity index (χ2v) is 6.82. The van der Waals surface area contributed by atoms with E-state index in [1.807, 2.05) is 0 Å². The maximum atomic E-state index is 10.1. The molecule has 2 N–H and O–H groups in total. The van der Waals surface area contributed by atoms with Crippen LogP contribution in [0.15, 0.2) is 0 Å². The van der Waals surface area contributed by atoms with E-state index in [0.29, 0.717) is 18.6 Å². The van der Waals surface area contributed by atoms with Crippen LogP contribution < -0.4 is 5.32 Å². The highest BCUT2D eigenvalue weighted by atomic mass is 16.5. The van der Waals surface area contributed by atoms with E-state index in [1.165, 1.54) is 44.9 Å². The molecule has 0 aromatic carbocycles. The minimum Gasteiger partial charge on any atom is -0.392 e. The molecule has 0 radical (unpaired) electrons. The molecular formula is C17H33NO2. The van der Waals surface area contributed by atoms with Gasteiger partial charge in [0.15, 0.2) is 0 Å². The summed E-state index contributed by atoms with van der Waals surface area (Å²) in [6, 6.07) is 0. The fourth-order valence-electron chi connectivity index (χ4n) is 3.99. The monoisotopic (exact) mass is 283 g/mol. The Labute approximate surface area is 124 Å². The van der Waals surface area contributed by atoms with Crippen LogP contribution >= 0.6 is 0 Å². The zero-order valence-corrected chi connectivity index (χ0v) is 13.4. The van der Waals surface area contributed by atoms with Crippen LogP contribution in [0.4, 0.5) is 0 Å². The molecule has 3 nitrogen and oxygen atoms in total. The lowest BCUT2D eigenvalue weighted by Crippen LogP contribution is -2.38. The highest BCUT2D eigenvalue weighted by Crippen LogP contribution is 2.41. The number of hydrogen-bond donors (Lipinski definition) is 2. The summed E-state index contributed by atoms with van der Waals surface area (Å²) in [6.07, 6.45) is 11.3. The molecule has 2 rings (SSSR count). The first kappa shape index (κ1) is 16.3. The molecule has 1 saturated carbocycles. The molecule has 1 spiro atoms. The van der Waals surface area contributed by atoms with Gasteiger partial charge in [0.05, 0.1) is 17.8 Å². The fourth-order valence-corrected chi connectivity index (χ4v) is 3.99. The average Bonchev–Trinajstić information content (AvgIpc) is 2.84. The van der Waals surface area contributed by atoms with Gasteiger partial charge in [-0.25, -0.2) is 0 Å². The summed E-state index contributed by atoms with van der Waals surface area (Å²) >= 11 is 0. The second-order valence-electron chi connectivity index (χ2n) is 6.82. The Balaban J connectivity index is 1.65. The standard InChI is InChI=1S/C17H33NO2/c1-3-14(4-2)16(19)13-18-12-15-8-11-17(20-15)9-6-5-7-10-17/h14-16,18-19H,3-13H2,1-2H3. The summed E-state index contributed by atoms with van der Waals surface area (Å²) in [7, 11) is 0. The van der Waals surface area contributed by atoms with Crippen molar-refractivity contribution in [1.82, 2.24) is 5.32 Å². The normalized spacial score (nSPS) is 27.3. The van der Waals surface area contributed by atoms with E-state index in [0.717, 1.165) is 19.4 Å². The maximum Gasteiger partial charge on any atom is 0.0708 e. The van der Waals surface area contributed by atoms with Crippen LogP contribution in [-0.2, 0) is 4.74 Å². The van der Waals surface area contributed by atoms with Crippen LogP contribution in [0, 0.1) is 5.92 Å². The Hall–Kier alpha value is -0.120. The molecule has 20 heavy (non-hydrogen) atoms. The van der Waals surface area contributed by atoms with Gasteiger partial charge in [0.25, 0.3) is 0 Å². The van der Waals surface area contributed by atoms with Gasteiger partial charge in [-0.05, 0) is 31.6 Å². The van der Waals surface area contributed by atoms with Gasteiger partial charge in [-0.15, -0.1) is 0 Å². The number of aliphatic hydroxyl groups is 1. The van der Waals surface area contributed by atoms with Crippen molar-refractivity contribution in [3.8, 4) is 0 Å². The first-order valence-corrected chi connectivity index (χ1v) is 8.75. The lowest BCUT2D eigenvalue weighted by molar-refractivity contribution is -0.0630. The minimum atomic E-state index is -0.213. The number of ether oxygens (including phenoxy) is 1. The van der Waals surface area contributed by atoms with E-state index < -0.39 is 0 Å². The second kappa shape index (κ2) is 7.77. The third-order valence-electron chi connectivity index (χ3n) is 5.42.